The van der Waals surface area contributed by atoms with Gasteiger partial charge in [0, 0.05) is 36.5 Å². The van der Waals surface area contributed by atoms with Crippen LogP contribution in [-0.2, 0) is 0 Å². The summed E-state index contributed by atoms with van der Waals surface area (Å²) < 4.78 is 31.4. The predicted octanol–water partition coefficient (Wildman–Crippen LogP) is 3.82. The molecule has 0 amide bonds. The Morgan fingerprint density at radius 2 is 1.90 bits per heavy atom. The number of hydrogen-bond acceptors (Lipinski definition) is 3. The molecule has 3 nitrogen and oxygen atoms in total. The number of ether oxygens (including phenoxy) is 1. The summed E-state index contributed by atoms with van der Waals surface area (Å²) in [6.07, 6.45) is 1.68. The van der Waals surface area contributed by atoms with Crippen LogP contribution >= 0.6 is 0 Å². The highest BCUT2D eigenvalue weighted by molar-refractivity contribution is 5.29. The summed E-state index contributed by atoms with van der Waals surface area (Å²) in [5.41, 5.74) is 1.02. The lowest BCUT2D eigenvalue weighted by Gasteiger charge is -2.12. The third-order valence-electron chi connectivity index (χ3n) is 2.83. The molecule has 5 heteroatoms. The van der Waals surface area contributed by atoms with Crippen molar-refractivity contribution in [2.24, 2.45) is 0 Å². The number of benzene rings is 1. The lowest BCUT2D eigenvalue weighted by molar-refractivity contribution is 0.450. The van der Waals surface area contributed by atoms with Crippen molar-refractivity contribution >= 4 is 0 Å². The Kier molecular flexibility index (Phi) is 4.63. The fourth-order valence-corrected chi connectivity index (χ4v) is 1.84. The zero-order chi connectivity index (χ0) is 14.5. The van der Waals surface area contributed by atoms with Gasteiger partial charge in [-0.05, 0) is 19.0 Å². The Morgan fingerprint density at radius 3 is 2.45 bits per heavy atom. The van der Waals surface area contributed by atoms with E-state index in [0.29, 0.717) is 5.88 Å². The summed E-state index contributed by atoms with van der Waals surface area (Å²) in [5, 5.41) is 3.27. The molecular formula is C15H16F2N2O. The summed E-state index contributed by atoms with van der Waals surface area (Å²) in [6.45, 7) is 4.92. The monoisotopic (exact) mass is 278 g/mol. The van der Waals surface area contributed by atoms with E-state index in [-0.39, 0.29) is 11.8 Å². The van der Waals surface area contributed by atoms with Gasteiger partial charge < -0.3 is 10.1 Å². The second kappa shape index (κ2) is 6.43. The lowest BCUT2D eigenvalue weighted by atomic mass is 10.1. The smallest absolute Gasteiger partial charge is 0.219 e. The van der Waals surface area contributed by atoms with Gasteiger partial charge in [-0.1, -0.05) is 13.0 Å². The van der Waals surface area contributed by atoms with Crippen LogP contribution in [0.15, 0.2) is 36.5 Å². The van der Waals surface area contributed by atoms with E-state index in [1.54, 1.807) is 12.3 Å². The molecule has 1 unspecified atom stereocenters. The largest absolute Gasteiger partial charge is 0.439 e. The maximum absolute atomic E-state index is 13.0. The summed E-state index contributed by atoms with van der Waals surface area (Å²) in [5.74, 6) is -0.986. The van der Waals surface area contributed by atoms with Gasteiger partial charge in [0.25, 0.3) is 0 Å². The number of pyridine rings is 1. The van der Waals surface area contributed by atoms with Crippen molar-refractivity contribution in [1.29, 1.82) is 0 Å². The van der Waals surface area contributed by atoms with E-state index in [9.17, 15) is 8.78 Å². The highest BCUT2D eigenvalue weighted by Gasteiger charge is 2.06. The first-order chi connectivity index (χ1) is 9.58. The van der Waals surface area contributed by atoms with Crippen LogP contribution in [0.5, 0.6) is 11.6 Å². The fraction of sp³-hybridized carbons (Fsp3) is 0.267. The first-order valence-electron chi connectivity index (χ1n) is 6.41. The van der Waals surface area contributed by atoms with Crippen molar-refractivity contribution in [3.8, 4) is 11.6 Å². The van der Waals surface area contributed by atoms with Gasteiger partial charge in [-0.3, -0.25) is 0 Å². The molecule has 0 fully saturated rings. The summed E-state index contributed by atoms with van der Waals surface area (Å²) in [6, 6.07) is 6.74. The van der Waals surface area contributed by atoms with E-state index in [1.165, 1.54) is 0 Å². The lowest BCUT2D eigenvalue weighted by Crippen LogP contribution is -2.17. The molecular weight excluding hydrogens is 262 g/mol. The summed E-state index contributed by atoms with van der Waals surface area (Å²) >= 11 is 0. The third kappa shape index (κ3) is 3.74. The van der Waals surface area contributed by atoms with E-state index in [2.05, 4.69) is 10.3 Å². The molecule has 1 heterocycles. The molecule has 0 aliphatic carbocycles. The Labute approximate surface area is 116 Å². The maximum atomic E-state index is 13.0. The highest BCUT2D eigenvalue weighted by Crippen LogP contribution is 2.22. The number of rotatable bonds is 5. The molecule has 0 spiro atoms. The number of hydrogen-bond donors (Lipinski definition) is 1. The van der Waals surface area contributed by atoms with Gasteiger partial charge in [0.15, 0.2) is 0 Å². The van der Waals surface area contributed by atoms with Crippen molar-refractivity contribution in [3.63, 3.8) is 0 Å². The van der Waals surface area contributed by atoms with Crippen molar-refractivity contribution in [2.75, 3.05) is 6.54 Å². The second-order valence-corrected chi connectivity index (χ2v) is 4.42. The number of halogens is 2. The van der Waals surface area contributed by atoms with Crippen molar-refractivity contribution in [3.05, 3.63) is 53.7 Å². The summed E-state index contributed by atoms with van der Waals surface area (Å²) in [7, 11) is 0. The molecule has 2 rings (SSSR count). The normalized spacial score (nSPS) is 12.2. The minimum absolute atomic E-state index is 0.0856. The average molecular weight is 278 g/mol. The minimum atomic E-state index is -0.683. The first-order valence-corrected chi connectivity index (χ1v) is 6.41. The van der Waals surface area contributed by atoms with Gasteiger partial charge in [-0.2, -0.15) is 0 Å². The number of nitrogens with zero attached hydrogens (tertiary/aromatic N) is 1. The zero-order valence-corrected chi connectivity index (χ0v) is 11.4. The molecule has 0 saturated heterocycles. The summed E-state index contributed by atoms with van der Waals surface area (Å²) in [4.78, 5) is 4.13. The SMILES string of the molecule is CCNC(C)c1ccc(Oc2cc(F)cc(F)c2)nc1. The molecule has 106 valence electrons. The van der Waals surface area contributed by atoms with E-state index in [4.69, 9.17) is 4.74 Å². The number of nitrogens with one attached hydrogen (secondary N) is 1. The molecule has 1 atom stereocenters. The Bertz CT molecular complexity index is 552. The van der Waals surface area contributed by atoms with Crippen molar-refractivity contribution in [1.82, 2.24) is 10.3 Å². The van der Waals surface area contributed by atoms with Crippen LogP contribution in [0.25, 0.3) is 0 Å². The van der Waals surface area contributed by atoms with Gasteiger partial charge in [-0.25, -0.2) is 13.8 Å². The van der Waals surface area contributed by atoms with E-state index in [1.807, 2.05) is 19.9 Å². The Balaban J connectivity index is 2.10. The van der Waals surface area contributed by atoms with Crippen molar-refractivity contribution in [2.45, 2.75) is 19.9 Å². The van der Waals surface area contributed by atoms with Gasteiger partial charge in [0.1, 0.15) is 17.4 Å². The van der Waals surface area contributed by atoms with Gasteiger partial charge in [0.05, 0.1) is 0 Å². The van der Waals surface area contributed by atoms with Gasteiger partial charge >= 0.3 is 0 Å². The van der Waals surface area contributed by atoms with Crippen LogP contribution in [0.1, 0.15) is 25.5 Å². The third-order valence-corrected chi connectivity index (χ3v) is 2.83. The first kappa shape index (κ1) is 14.4. The molecule has 0 bridgehead atoms. The van der Waals surface area contributed by atoms with Crippen LogP contribution in [0.3, 0.4) is 0 Å². The molecule has 1 N–H and O–H groups in total. The van der Waals surface area contributed by atoms with Crippen LogP contribution in [0.4, 0.5) is 8.78 Å². The molecule has 20 heavy (non-hydrogen) atoms. The standard InChI is InChI=1S/C15H16F2N2O/c1-3-18-10(2)11-4-5-15(19-9-11)20-14-7-12(16)6-13(17)8-14/h4-10,18H,3H2,1-2H3. The predicted molar refractivity (Wildman–Crippen MR) is 72.8 cm³/mol. The van der Waals surface area contributed by atoms with Crippen LogP contribution in [0.2, 0.25) is 0 Å². The Hall–Kier alpha value is -2.01. The van der Waals surface area contributed by atoms with Gasteiger partial charge in [-0.15, -0.1) is 0 Å². The molecule has 0 saturated carbocycles. The molecule has 2 aromatic rings. The van der Waals surface area contributed by atoms with Crippen molar-refractivity contribution < 1.29 is 13.5 Å². The van der Waals surface area contributed by atoms with E-state index >= 15 is 0 Å². The quantitative estimate of drug-likeness (QED) is 0.902. The maximum Gasteiger partial charge on any atom is 0.219 e. The van der Waals surface area contributed by atoms with Gasteiger partial charge in [0.2, 0.25) is 5.88 Å². The Morgan fingerprint density at radius 1 is 1.20 bits per heavy atom. The molecule has 1 aromatic carbocycles. The fourth-order valence-electron chi connectivity index (χ4n) is 1.84. The topological polar surface area (TPSA) is 34.1 Å². The average Bonchev–Trinajstić information content (AvgIpc) is 2.38. The number of aromatic nitrogens is 1. The second-order valence-electron chi connectivity index (χ2n) is 4.42. The molecule has 0 radical (unpaired) electrons. The molecule has 0 aliphatic rings. The minimum Gasteiger partial charge on any atom is -0.439 e. The van der Waals surface area contributed by atoms with E-state index in [0.717, 1.165) is 30.3 Å². The van der Waals surface area contributed by atoms with Crippen LogP contribution in [0, 0.1) is 11.6 Å². The van der Waals surface area contributed by atoms with E-state index < -0.39 is 11.6 Å². The zero-order valence-electron chi connectivity index (χ0n) is 11.4. The molecule has 0 aliphatic heterocycles. The van der Waals surface area contributed by atoms with Crippen LogP contribution in [-0.4, -0.2) is 11.5 Å². The highest BCUT2D eigenvalue weighted by atomic mass is 19.1. The molecule has 1 aromatic heterocycles. The van der Waals surface area contributed by atoms with Crippen LogP contribution < -0.4 is 10.1 Å².